The zero-order valence-electron chi connectivity index (χ0n) is 11.4. The van der Waals surface area contributed by atoms with Crippen molar-refractivity contribution in [1.29, 1.82) is 0 Å². The Morgan fingerprint density at radius 3 is 2.53 bits per heavy atom. The van der Waals surface area contributed by atoms with Gasteiger partial charge in [0.1, 0.15) is 0 Å². The molecule has 0 spiro atoms. The molecule has 1 nitrogen and oxygen atoms in total. The Balaban J connectivity index is 1.85. The van der Waals surface area contributed by atoms with Gasteiger partial charge in [0.25, 0.3) is 0 Å². The van der Waals surface area contributed by atoms with Gasteiger partial charge in [-0.15, -0.1) is 0 Å². The zero-order chi connectivity index (χ0) is 12.3. The first-order chi connectivity index (χ1) is 8.24. The second-order valence-electron chi connectivity index (χ2n) is 5.37. The van der Waals surface area contributed by atoms with E-state index >= 15 is 0 Å². The van der Waals surface area contributed by atoms with Crippen LogP contribution in [-0.2, 0) is 6.42 Å². The molecule has 1 heteroatoms. The summed E-state index contributed by atoms with van der Waals surface area (Å²) in [6.07, 6.45) is 5.22. The molecule has 0 heterocycles. The van der Waals surface area contributed by atoms with Gasteiger partial charge in [-0.2, -0.15) is 0 Å². The van der Waals surface area contributed by atoms with Gasteiger partial charge in [0.2, 0.25) is 0 Å². The van der Waals surface area contributed by atoms with Crippen LogP contribution in [0.1, 0.15) is 57.2 Å². The monoisotopic (exact) mass is 231 g/mol. The normalized spacial score (nSPS) is 24.6. The van der Waals surface area contributed by atoms with E-state index in [-0.39, 0.29) is 0 Å². The fourth-order valence-corrected chi connectivity index (χ4v) is 2.60. The quantitative estimate of drug-likeness (QED) is 0.777. The second kappa shape index (κ2) is 5.68. The molecule has 0 aromatic heterocycles. The summed E-state index contributed by atoms with van der Waals surface area (Å²) in [5.41, 5.74) is 2.85. The Labute approximate surface area is 106 Å². The first-order valence-corrected chi connectivity index (χ1v) is 7.09. The molecule has 1 fully saturated rings. The summed E-state index contributed by atoms with van der Waals surface area (Å²) in [7, 11) is 0. The smallest absolute Gasteiger partial charge is 0.0294 e. The van der Waals surface area contributed by atoms with E-state index in [0.717, 1.165) is 18.4 Å². The average Bonchev–Trinajstić information content (AvgIpc) is 3.08. The molecule has 1 aromatic carbocycles. The van der Waals surface area contributed by atoms with E-state index in [2.05, 4.69) is 50.4 Å². The van der Waals surface area contributed by atoms with E-state index in [1.165, 1.54) is 30.4 Å². The highest BCUT2D eigenvalue weighted by Crippen LogP contribution is 2.36. The highest BCUT2D eigenvalue weighted by atomic mass is 15.0. The molecule has 94 valence electrons. The molecule has 3 atom stereocenters. The molecule has 2 rings (SSSR count). The fourth-order valence-electron chi connectivity index (χ4n) is 2.60. The van der Waals surface area contributed by atoms with Crippen LogP contribution in [0.25, 0.3) is 0 Å². The zero-order valence-corrected chi connectivity index (χ0v) is 11.4. The molecule has 0 saturated heterocycles. The van der Waals surface area contributed by atoms with Crippen LogP contribution in [0.15, 0.2) is 24.3 Å². The van der Waals surface area contributed by atoms with Crippen molar-refractivity contribution in [2.75, 3.05) is 0 Å². The van der Waals surface area contributed by atoms with Gasteiger partial charge in [-0.25, -0.2) is 0 Å². The number of rotatable bonds is 6. The minimum atomic E-state index is 0.493. The Hall–Kier alpha value is -0.820. The molecule has 1 aliphatic rings. The molecule has 1 aromatic rings. The van der Waals surface area contributed by atoms with Crippen LogP contribution in [0.2, 0.25) is 0 Å². The molecule has 1 aliphatic carbocycles. The summed E-state index contributed by atoms with van der Waals surface area (Å²) in [5, 5.41) is 3.74. The molecule has 3 unspecified atom stereocenters. The third-order valence-corrected chi connectivity index (χ3v) is 3.93. The van der Waals surface area contributed by atoms with Crippen LogP contribution < -0.4 is 5.32 Å². The van der Waals surface area contributed by atoms with Crippen molar-refractivity contribution in [3.8, 4) is 0 Å². The maximum Gasteiger partial charge on any atom is 0.0294 e. The average molecular weight is 231 g/mol. The van der Waals surface area contributed by atoms with Gasteiger partial charge in [-0.05, 0) is 43.2 Å². The van der Waals surface area contributed by atoms with Crippen LogP contribution in [0, 0.1) is 5.92 Å². The van der Waals surface area contributed by atoms with Gasteiger partial charge >= 0.3 is 0 Å². The van der Waals surface area contributed by atoms with Crippen molar-refractivity contribution in [1.82, 2.24) is 5.32 Å². The van der Waals surface area contributed by atoms with Crippen molar-refractivity contribution < 1.29 is 0 Å². The predicted octanol–water partition coefficient (Wildman–Crippen LogP) is 4.09. The maximum absolute atomic E-state index is 3.74. The van der Waals surface area contributed by atoms with E-state index in [9.17, 15) is 0 Å². The van der Waals surface area contributed by atoms with Gasteiger partial charge in [-0.3, -0.25) is 0 Å². The largest absolute Gasteiger partial charge is 0.307 e. The minimum absolute atomic E-state index is 0.493. The molecular formula is C16H25N. The molecule has 0 bridgehead atoms. The van der Waals surface area contributed by atoms with Crippen molar-refractivity contribution in [3.05, 3.63) is 35.4 Å². The summed E-state index contributed by atoms with van der Waals surface area (Å²) < 4.78 is 0. The molecule has 0 radical (unpaired) electrons. The third kappa shape index (κ3) is 3.32. The number of aryl methyl sites for hydroxylation is 1. The predicted molar refractivity (Wildman–Crippen MR) is 74.2 cm³/mol. The lowest BCUT2D eigenvalue weighted by Crippen LogP contribution is -2.22. The topological polar surface area (TPSA) is 12.0 Å². The van der Waals surface area contributed by atoms with E-state index in [1.807, 2.05) is 0 Å². The van der Waals surface area contributed by atoms with Gasteiger partial charge in [0, 0.05) is 12.1 Å². The van der Waals surface area contributed by atoms with Gasteiger partial charge < -0.3 is 5.32 Å². The van der Waals surface area contributed by atoms with E-state index < -0.39 is 0 Å². The molecular weight excluding hydrogens is 206 g/mol. The molecule has 1 saturated carbocycles. The minimum Gasteiger partial charge on any atom is -0.307 e. The van der Waals surface area contributed by atoms with Crippen LogP contribution in [-0.4, -0.2) is 6.04 Å². The van der Waals surface area contributed by atoms with Crippen LogP contribution >= 0.6 is 0 Å². The van der Waals surface area contributed by atoms with Crippen LogP contribution in [0.4, 0.5) is 0 Å². The van der Waals surface area contributed by atoms with E-state index in [4.69, 9.17) is 0 Å². The molecule has 0 aliphatic heterocycles. The van der Waals surface area contributed by atoms with Crippen molar-refractivity contribution in [2.24, 2.45) is 5.92 Å². The summed E-state index contributed by atoms with van der Waals surface area (Å²) in [4.78, 5) is 0. The molecule has 0 amide bonds. The highest BCUT2D eigenvalue weighted by Gasteiger charge is 2.36. The molecule has 1 N–H and O–H groups in total. The lowest BCUT2D eigenvalue weighted by molar-refractivity contribution is 0.530. The first kappa shape index (κ1) is 12.6. The Morgan fingerprint density at radius 1 is 1.24 bits per heavy atom. The van der Waals surface area contributed by atoms with Crippen LogP contribution in [0.3, 0.4) is 0 Å². The third-order valence-electron chi connectivity index (χ3n) is 3.93. The molecule has 17 heavy (non-hydrogen) atoms. The maximum atomic E-state index is 3.74. The highest BCUT2D eigenvalue weighted by molar-refractivity contribution is 5.25. The Kier molecular flexibility index (Phi) is 4.22. The Morgan fingerprint density at radius 2 is 1.94 bits per heavy atom. The van der Waals surface area contributed by atoms with Crippen molar-refractivity contribution >= 4 is 0 Å². The SMILES string of the molecule is CCCC1CC1NC(C)c1ccc(CC)cc1. The van der Waals surface area contributed by atoms with Gasteiger partial charge in [0.15, 0.2) is 0 Å². The lowest BCUT2D eigenvalue weighted by atomic mass is 10.0. The standard InChI is InChI=1S/C16H25N/c1-4-6-15-11-16(15)17-12(3)14-9-7-13(5-2)8-10-14/h7-10,12,15-17H,4-6,11H2,1-3H3. The second-order valence-corrected chi connectivity index (χ2v) is 5.37. The van der Waals surface area contributed by atoms with E-state index in [1.54, 1.807) is 0 Å². The van der Waals surface area contributed by atoms with Crippen molar-refractivity contribution in [2.45, 2.75) is 58.5 Å². The van der Waals surface area contributed by atoms with Gasteiger partial charge in [0.05, 0.1) is 0 Å². The Bertz CT molecular complexity index is 341. The number of nitrogens with one attached hydrogen (secondary N) is 1. The van der Waals surface area contributed by atoms with Crippen LogP contribution in [0.5, 0.6) is 0 Å². The summed E-state index contributed by atoms with van der Waals surface area (Å²) >= 11 is 0. The lowest BCUT2D eigenvalue weighted by Gasteiger charge is -2.14. The first-order valence-electron chi connectivity index (χ1n) is 7.09. The fraction of sp³-hybridized carbons (Fsp3) is 0.625. The number of hydrogen-bond donors (Lipinski definition) is 1. The summed E-state index contributed by atoms with van der Waals surface area (Å²) in [5.74, 6) is 0.942. The number of benzene rings is 1. The summed E-state index contributed by atoms with van der Waals surface area (Å²) in [6, 6.07) is 10.3. The van der Waals surface area contributed by atoms with E-state index in [0.29, 0.717) is 6.04 Å². The number of hydrogen-bond acceptors (Lipinski definition) is 1. The van der Waals surface area contributed by atoms with Crippen molar-refractivity contribution in [3.63, 3.8) is 0 Å². The summed E-state index contributed by atoms with van der Waals surface area (Å²) in [6.45, 7) is 6.76. The van der Waals surface area contributed by atoms with Gasteiger partial charge in [-0.1, -0.05) is 44.5 Å².